The number of halogens is 3. The number of hydrogen-bond acceptors (Lipinski definition) is 5. The van der Waals surface area contributed by atoms with Gasteiger partial charge in [0.2, 0.25) is 0 Å². The molecule has 0 aromatic carbocycles. The minimum Gasteiger partial charge on any atom is -0.357 e. The number of piperidine rings is 1. The highest BCUT2D eigenvalue weighted by molar-refractivity contribution is 7.09. The van der Waals surface area contributed by atoms with E-state index < -0.39 is 11.9 Å². The molecule has 3 rings (SSSR count). The molecule has 1 saturated heterocycles. The van der Waals surface area contributed by atoms with Gasteiger partial charge in [-0.2, -0.15) is 24.5 Å². The van der Waals surface area contributed by atoms with Crippen molar-refractivity contribution >= 4 is 28.6 Å². The van der Waals surface area contributed by atoms with Crippen molar-refractivity contribution in [2.24, 2.45) is 4.99 Å². The van der Waals surface area contributed by atoms with Crippen molar-refractivity contribution in [2.45, 2.75) is 44.9 Å². The molecule has 0 amide bonds. The number of nitrogens with zero attached hydrogens (tertiary/aromatic N) is 3. The molecular formula is C19H26F3N5S2. The zero-order valence-electron chi connectivity index (χ0n) is 16.3. The number of guanidine groups is 1. The van der Waals surface area contributed by atoms with Crippen molar-refractivity contribution in [3.63, 3.8) is 0 Å². The maximum Gasteiger partial charge on any atom is 0.434 e. The third kappa shape index (κ3) is 6.97. The standard InChI is InChI=1S/C19H26F3N5S2/c1-2-23-18(24-7-3-17-26-16(13-29-17)19(20,21)22)25-15-4-8-27(9-5-15)11-14-6-10-28-12-14/h6,10,12-13,15H,2-5,7-9,11H2,1H3,(H2,23,24,25). The first-order valence-corrected chi connectivity index (χ1v) is 11.6. The van der Waals surface area contributed by atoms with Crippen molar-refractivity contribution in [1.29, 1.82) is 0 Å². The van der Waals surface area contributed by atoms with Gasteiger partial charge in [-0.05, 0) is 42.2 Å². The van der Waals surface area contributed by atoms with Gasteiger partial charge in [-0.15, -0.1) is 11.3 Å². The first-order valence-electron chi connectivity index (χ1n) is 9.74. The second-order valence-electron chi connectivity index (χ2n) is 6.96. The van der Waals surface area contributed by atoms with E-state index in [1.807, 2.05) is 6.92 Å². The lowest BCUT2D eigenvalue weighted by molar-refractivity contribution is -0.140. The van der Waals surface area contributed by atoms with Gasteiger partial charge in [0.1, 0.15) is 0 Å². The number of thiophene rings is 1. The van der Waals surface area contributed by atoms with Crippen LogP contribution in [0.15, 0.2) is 27.2 Å². The maximum absolute atomic E-state index is 12.6. The zero-order valence-corrected chi connectivity index (χ0v) is 18.0. The molecule has 29 heavy (non-hydrogen) atoms. The first-order chi connectivity index (χ1) is 13.9. The Morgan fingerprint density at radius 1 is 1.31 bits per heavy atom. The molecule has 0 bridgehead atoms. The molecule has 0 radical (unpaired) electrons. The van der Waals surface area contributed by atoms with Crippen LogP contribution in [0.2, 0.25) is 0 Å². The van der Waals surface area contributed by atoms with Crippen LogP contribution in [0, 0.1) is 0 Å². The van der Waals surface area contributed by atoms with Crippen molar-refractivity contribution in [2.75, 3.05) is 26.2 Å². The number of hydrogen-bond donors (Lipinski definition) is 2. The van der Waals surface area contributed by atoms with Crippen LogP contribution in [0.3, 0.4) is 0 Å². The summed E-state index contributed by atoms with van der Waals surface area (Å²) < 4.78 is 37.9. The van der Waals surface area contributed by atoms with E-state index in [1.54, 1.807) is 11.3 Å². The molecule has 0 aliphatic carbocycles. The topological polar surface area (TPSA) is 52.6 Å². The van der Waals surface area contributed by atoms with Crippen LogP contribution in [-0.4, -0.2) is 48.1 Å². The van der Waals surface area contributed by atoms with Gasteiger partial charge in [-0.25, -0.2) is 4.98 Å². The third-order valence-electron chi connectivity index (χ3n) is 4.70. The third-order valence-corrected chi connectivity index (χ3v) is 6.34. The first kappa shape index (κ1) is 22.0. The summed E-state index contributed by atoms with van der Waals surface area (Å²) >= 11 is 2.76. The molecular weight excluding hydrogens is 419 g/mol. The molecule has 1 fully saturated rings. The number of alkyl halides is 3. The van der Waals surface area contributed by atoms with E-state index in [0.29, 0.717) is 24.0 Å². The lowest BCUT2D eigenvalue weighted by Crippen LogP contribution is -2.48. The molecule has 2 aromatic heterocycles. The summed E-state index contributed by atoms with van der Waals surface area (Å²) in [5.74, 6) is 0.719. The predicted octanol–water partition coefficient (Wildman–Crippen LogP) is 3.99. The average molecular weight is 446 g/mol. The van der Waals surface area contributed by atoms with Gasteiger partial charge in [0.25, 0.3) is 0 Å². The van der Waals surface area contributed by atoms with Gasteiger partial charge >= 0.3 is 6.18 Å². The highest BCUT2D eigenvalue weighted by Gasteiger charge is 2.33. The zero-order chi connectivity index (χ0) is 20.7. The van der Waals surface area contributed by atoms with E-state index in [-0.39, 0.29) is 0 Å². The smallest absolute Gasteiger partial charge is 0.357 e. The van der Waals surface area contributed by atoms with Gasteiger partial charge in [0, 0.05) is 50.6 Å². The Bertz CT molecular complexity index is 765. The Kier molecular flexibility index (Phi) is 7.91. The number of rotatable bonds is 7. The van der Waals surface area contributed by atoms with Crippen LogP contribution in [0.25, 0.3) is 0 Å². The van der Waals surface area contributed by atoms with Gasteiger partial charge in [0.15, 0.2) is 11.7 Å². The minimum absolute atomic E-state index is 0.350. The Morgan fingerprint density at radius 2 is 2.10 bits per heavy atom. The van der Waals surface area contributed by atoms with E-state index in [9.17, 15) is 13.2 Å². The number of thiazole rings is 1. The lowest BCUT2D eigenvalue weighted by atomic mass is 10.0. The van der Waals surface area contributed by atoms with Gasteiger partial charge in [-0.3, -0.25) is 9.89 Å². The molecule has 3 heterocycles. The molecule has 5 nitrogen and oxygen atoms in total. The number of aromatic nitrogens is 1. The SMILES string of the molecule is CCNC(=NCCc1nc(C(F)(F)F)cs1)NC1CCN(Cc2ccsc2)CC1. The minimum atomic E-state index is -4.38. The second kappa shape index (κ2) is 10.4. The van der Waals surface area contributed by atoms with Crippen LogP contribution in [0.4, 0.5) is 13.2 Å². The molecule has 0 spiro atoms. The van der Waals surface area contributed by atoms with Crippen molar-refractivity contribution in [3.8, 4) is 0 Å². The molecule has 2 N–H and O–H groups in total. The summed E-state index contributed by atoms with van der Waals surface area (Å²) in [5.41, 5.74) is 0.549. The summed E-state index contributed by atoms with van der Waals surface area (Å²) in [7, 11) is 0. The summed E-state index contributed by atoms with van der Waals surface area (Å²) in [5, 5.41) is 12.5. The summed E-state index contributed by atoms with van der Waals surface area (Å²) in [6.07, 6.45) is -1.91. The van der Waals surface area contributed by atoms with Gasteiger partial charge in [0.05, 0.1) is 5.01 Å². The predicted molar refractivity (Wildman–Crippen MR) is 113 cm³/mol. The van der Waals surface area contributed by atoms with Crippen molar-refractivity contribution in [1.82, 2.24) is 20.5 Å². The van der Waals surface area contributed by atoms with Crippen molar-refractivity contribution in [3.05, 3.63) is 38.5 Å². The number of aliphatic imine (C=N–C) groups is 1. The molecule has 1 aliphatic heterocycles. The van der Waals surface area contributed by atoms with Crippen LogP contribution in [-0.2, 0) is 19.1 Å². The highest BCUT2D eigenvalue weighted by atomic mass is 32.1. The summed E-state index contributed by atoms with van der Waals surface area (Å²) in [6, 6.07) is 2.52. The molecule has 10 heteroatoms. The van der Waals surface area contributed by atoms with Crippen LogP contribution in [0.5, 0.6) is 0 Å². The quantitative estimate of drug-likeness (QED) is 0.500. The Balaban J connectivity index is 1.45. The molecule has 2 aromatic rings. The van der Waals surface area contributed by atoms with Crippen molar-refractivity contribution < 1.29 is 13.2 Å². The molecule has 0 unspecified atom stereocenters. The van der Waals surface area contributed by atoms with E-state index in [2.05, 4.69) is 42.3 Å². The van der Waals surface area contributed by atoms with Crippen LogP contribution in [0.1, 0.15) is 36.0 Å². The fourth-order valence-electron chi connectivity index (χ4n) is 3.21. The lowest BCUT2D eigenvalue weighted by Gasteiger charge is -2.33. The largest absolute Gasteiger partial charge is 0.434 e. The molecule has 160 valence electrons. The average Bonchev–Trinajstić information content (AvgIpc) is 3.35. The summed E-state index contributed by atoms with van der Waals surface area (Å²) in [6.45, 7) is 6.20. The van der Waals surface area contributed by atoms with Gasteiger partial charge < -0.3 is 10.6 Å². The Hall–Kier alpha value is -1.65. The number of likely N-dealkylation sites (tertiary alicyclic amines) is 1. The molecule has 0 saturated carbocycles. The van der Waals surface area contributed by atoms with Crippen LogP contribution < -0.4 is 10.6 Å². The Labute approximate surface area is 177 Å². The van der Waals surface area contributed by atoms with Crippen LogP contribution >= 0.6 is 22.7 Å². The normalized spacial score (nSPS) is 16.9. The monoisotopic (exact) mass is 445 g/mol. The summed E-state index contributed by atoms with van der Waals surface area (Å²) in [4.78, 5) is 10.6. The highest BCUT2D eigenvalue weighted by Crippen LogP contribution is 2.30. The Morgan fingerprint density at radius 3 is 2.72 bits per heavy atom. The van der Waals surface area contributed by atoms with E-state index in [1.165, 1.54) is 5.56 Å². The second-order valence-corrected chi connectivity index (χ2v) is 8.68. The van der Waals surface area contributed by atoms with Gasteiger partial charge in [-0.1, -0.05) is 0 Å². The fraction of sp³-hybridized carbons (Fsp3) is 0.579. The van der Waals surface area contributed by atoms with E-state index >= 15 is 0 Å². The number of nitrogens with one attached hydrogen (secondary N) is 2. The maximum atomic E-state index is 12.6. The van der Waals surface area contributed by atoms with E-state index in [4.69, 9.17) is 0 Å². The van der Waals surface area contributed by atoms with E-state index in [0.717, 1.165) is 61.7 Å². The molecule has 1 aliphatic rings. The fourth-order valence-corrected chi connectivity index (χ4v) is 4.66. The molecule has 0 atom stereocenters.